The van der Waals surface area contributed by atoms with Gasteiger partial charge in [0, 0.05) is 10.5 Å². The maximum Gasteiger partial charge on any atom is 0.126 e. The van der Waals surface area contributed by atoms with Crippen molar-refractivity contribution in [2.45, 2.75) is 19.9 Å². The van der Waals surface area contributed by atoms with Crippen molar-refractivity contribution >= 4 is 44.8 Å². The first-order valence-corrected chi connectivity index (χ1v) is 7.60. The van der Waals surface area contributed by atoms with Crippen molar-refractivity contribution in [1.29, 1.82) is 0 Å². The van der Waals surface area contributed by atoms with Crippen LogP contribution in [0.15, 0.2) is 34.8 Å². The van der Waals surface area contributed by atoms with Crippen molar-refractivity contribution in [2.24, 2.45) is 0 Å². The summed E-state index contributed by atoms with van der Waals surface area (Å²) in [6, 6.07) is 8.58. The molecule has 1 N–H and O–H groups in total. The molecule has 0 amide bonds. The standard InChI is InChI=1S/C15H13BrCl2FN/c1-8-3-4-10(5-14(8)19)9(2)20-15-12(17)6-11(16)7-13(15)18/h3-7,9,20H,1-2H3. The molecule has 20 heavy (non-hydrogen) atoms. The molecule has 1 atom stereocenters. The van der Waals surface area contributed by atoms with Crippen LogP contribution in [-0.2, 0) is 0 Å². The van der Waals surface area contributed by atoms with E-state index < -0.39 is 0 Å². The lowest BCUT2D eigenvalue weighted by Crippen LogP contribution is -2.08. The van der Waals surface area contributed by atoms with Crippen molar-refractivity contribution in [3.8, 4) is 0 Å². The minimum absolute atomic E-state index is 0.110. The third-order valence-corrected chi connectivity index (χ3v) is 4.12. The summed E-state index contributed by atoms with van der Waals surface area (Å²) in [6.07, 6.45) is 0. The molecule has 0 aliphatic rings. The van der Waals surface area contributed by atoms with Crippen molar-refractivity contribution in [1.82, 2.24) is 0 Å². The Balaban J connectivity index is 2.27. The summed E-state index contributed by atoms with van der Waals surface area (Å²) in [4.78, 5) is 0. The molecular weight excluding hydrogens is 364 g/mol. The number of aryl methyl sites for hydroxylation is 1. The third kappa shape index (κ3) is 3.46. The molecule has 0 aliphatic heterocycles. The molecule has 0 saturated carbocycles. The molecule has 0 aromatic heterocycles. The Bertz CT molecular complexity index is 623. The van der Waals surface area contributed by atoms with Gasteiger partial charge in [0.1, 0.15) is 5.82 Å². The molecule has 1 unspecified atom stereocenters. The van der Waals surface area contributed by atoms with E-state index in [2.05, 4.69) is 21.2 Å². The zero-order chi connectivity index (χ0) is 14.9. The maximum absolute atomic E-state index is 13.6. The first-order valence-electron chi connectivity index (χ1n) is 6.05. The summed E-state index contributed by atoms with van der Waals surface area (Å²) >= 11 is 15.7. The van der Waals surface area contributed by atoms with E-state index in [-0.39, 0.29) is 11.9 Å². The second-order valence-corrected chi connectivity index (χ2v) is 6.35. The molecular formula is C15H13BrCl2FN. The number of rotatable bonds is 3. The molecule has 0 heterocycles. The van der Waals surface area contributed by atoms with E-state index in [1.54, 1.807) is 25.1 Å². The van der Waals surface area contributed by atoms with Gasteiger partial charge in [-0.1, -0.05) is 51.3 Å². The maximum atomic E-state index is 13.6. The Kier molecular flexibility index (Phi) is 4.95. The predicted octanol–water partition coefficient (Wildman–Crippen LogP) is 6.38. The number of hydrogen-bond donors (Lipinski definition) is 1. The van der Waals surface area contributed by atoms with E-state index in [1.807, 2.05) is 13.0 Å². The minimum Gasteiger partial charge on any atom is -0.376 e. The summed E-state index contributed by atoms with van der Waals surface area (Å²) < 4.78 is 14.4. The Morgan fingerprint density at radius 2 is 1.75 bits per heavy atom. The van der Waals surface area contributed by atoms with E-state index in [0.717, 1.165) is 10.0 Å². The van der Waals surface area contributed by atoms with Crippen LogP contribution in [-0.4, -0.2) is 0 Å². The van der Waals surface area contributed by atoms with Gasteiger partial charge in [0.05, 0.1) is 15.7 Å². The monoisotopic (exact) mass is 375 g/mol. The third-order valence-electron chi connectivity index (χ3n) is 3.06. The number of hydrogen-bond acceptors (Lipinski definition) is 1. The highest BCUT2D eigenvalue weighted by Crippen LogP contribution is 2.36. The van der Waals surface area contributed by atoms with Gasteiger partial charge >= 0.3 is 0 Å². The van der Waals surface area contributed by atoms with Crippen molar-refractivity contribution in [3.63, 3.8) is 0 Å². The van der Waals surface area contributed by atoms with Gasteiger partial charge in [0.2, 0.25) is 0 Å². The Morgan fingerprint density at radius 3 is 2.30 bits per heavy atom. The highest BCUT2D eigenvalue weighted by Gasteiger charge is 2.13. The quantitative estimate of drug-likeness (QED) is 0.655. The molecule has 0 spiro atoms. The van der Waals surface area contributed by atoms with Crippen LogP contribution in [0.2, 0.25) is 10.0 Å². The second-order valence-electron chi connectivity index (χ2n) is 4.62. The highest BCUT2D eigenvalue weighted by atomic mass is 79.9. The van der Waals surface area contributed by atoms with E-state index >= 15 is 0 Å². The molecule has 106 valence electrons. The van der Waals surface area contributed by atoms with Gasteiger partial charge in [-0.25, -0.2) is 4.39 Å². The van der Waals surface area contributed by atoms with Crippen LogP contribution < -0.4 is 5.32 Å². The number of halogens is 4. The van der Waals surface area contributed by atoms with Gasteiger partial charge in [-0.2, -0.15) is 0 Å². The lowest BCUT2D eigenvalue weighted by molar-refractivity contribution is 0.614. The molecule has 1 nitrogen and oxygen atoms in total. The number of benzene rings is 2. The minimum atomic E-state index is -0.218. The zero-order valence-corrected chi connectivity index (χ0v) is 14.1. The first kappa shape index (κ1) is 15.6. The average Bonchev–Trinajstić information content (AvgIpc) is 2.36. The summed E-state index contributed by atoms with van der Waals surface area (Å²) in [7, 11) is 0. The second kappa shape index (κ2) is 6.33. The van der Waals surface area contributed by atoms with Crippen LogP contribution in [0.25, 0.3) is 0 Å². The van der Waals surface area contributed by atoms with Gasteiger partial charge in [0.25, 0.3) is 0 Å². The summed E-state index contributed by atoms with van der Waals surface area (Å²) in [5.74, 6) is -0.218. The molecule has 0 saturated heterocycles. The molecule has 2 rings (SSSR count). The lowest BCUT2D eigenvalue weighted by atomic mass is 10.1. The van der Waals surface area contributed by atoms with Gasteiger partial charge < -0.3 is 5.32 Å². The van der Waals surface area contributed by atoms with E-state index in [9.17, 15) is 4.39 Å². The largest absolute Gasteiger partial charge is 0.376 e. The van der Waals surface area contributed by atoms with E-state index in [4.69, 9.17) is 23.2 Å². The first-order chi connectivity index (χ1) is 9.38. The van der Waals surface area contributed by atoms with Gasteiger partial charge in [-0.3, -0.25) is 0 Å². The smallest absolute Gasteiger partial charge is 0.126 e. The molecule has 2 aromatic rings. The normalized spacial score (nSPS) is 12.3. The van der Waals surface area contributed by atoms with Gasteiger partial charge in [-0.15, -0.1) is 0 Å². The zero-order valence-electron chi connectivity index (χ0n) is 11.0. The molecule has 2 aromatic carbocycles. The summed E-state index contributed by atoms with van der Waals surface area (Å²) in [5.41, 5.74) is 2.11. The predicted molar refractivity (Wildman–Crippen MR) is 87.3 cm³/mol. The van der Waals surface area contributed by atoms with Crippen LogP contribution in [0.4, 0.5) is 10.1 Å². The van der Waals surface area contributed by atoms with E-state index in [0.29, 0.717) is 21.3 Å². The van der Waals surface area contributed by atoms with Gasteiger partial charge in [0.15, 0.2) is 0 Å². The highest BCUT2D eigenvalue weighted by molar-refractivity contribution is 9.10. The Labute approximate surface area is 136 Å². The fraction of sp³-hybridized carbons (Fsp3) is 0.200. The molecule has 0 fully saturated rings. The molecule has 0 bridgehead atoms. The van der Waals surface area contributed by atoms with Gasteiger partial charge in [-0.05, 0) is 43.2 Å². The molecule has 0 radical (unpaired) electrons. The van der Waals surface area contributed by atoms with Crippen LogP contribution in [0.1, 0.15) is 24.1 Å². The lowest BCUT2D eigenvalue weighted by Gasteiger charge is -2.18. The number of nitrogens with one attached hydrogen (secondary N) is 1. The van der Waals surface area contributed by atoms with Crippen molar-refractivity contribution < 1.29 is 4.39 Å². The van der Waals surface area contributed by atoms with Crippen LogP contribution in [0.5, 0.6) is 0 Å². The summed E-state index contributed by atoms with van der Waals surface area (Å²) in [6.45, 7) is 3.67. The SMILES string of the molecule is Cc1ccc(C(C)Nc2c(Cl)cc(Br)cc2Cl)cc1F. The summed E-state index contributed by atoms with van der Waals surface area (Å²) in [5, 5.41) is 4.25. The number of anilines is 1. The van der Waals surface area contributed by atoms with Crippen molar-refractivity contribution in [2.75, 3.05) is 5.32 Å². The van der Waals surface area contributed by atoms with E-state index in [1.165, 1.54) is 6.07 Å². The fourth-order valence-corrected chi connectivity index (χ4v) is 3.18. The molecule has 5 heteroatoms. The Morgan fingerprint density at radius 1 is 1.15 bits per heavy atom. The topological polar surface area (TPSA) is 12.0 Å². The Hall–Kier alpha value is -0.770. The average molecular weight is 377 g/mol. The van der Waals surface area contributed by atoms with Crippen molar-refractivity contribution in [3.05, 3.63) is 61.8 Å². The van der Waals surface area contributed by atoms with Crippen LogP contribution in [0.3, 0.4) is 0 Å². The molecule has 0 aliphatic carbocycles. The fourth-order valence-electron chi connectivity index (χ4n) is 1.86. The van der Waals surface area contributed by atoms with Crippen LogP contribution >= 0.6 is 39.1 Å². The van der Waals surface area contributed by atoms with Crippen LogP contribution in [0, 0.1) is 12.7 Å².